The lowest BCUT2D eigenvalue weighted by Gasteiger charge is -2.05. The molecule has 4 N–H and O–H groups in total. The van der Waals surface area contributed by atoms with Gasteiger partial charge in [-0.15, -0.1) is 0 Å². The maximum atomic E-state index is 12.3. The molecule has 0 atom stereocenters. The van der Waals surface area contributed by atoms with Crippen LogP contribution in [0.15, 0.2) is 53.6 Å². The van der Waals surface area contributed by atoms with Crippen molar-refractivity contribution in [2.24, 2.45) is 5.10 Å². The predicted octanol–water partition coefficient (Wildman–Crippen LogP) is 2.65. The number of rotatable bonds is 5. The summed E-state index contributed by atoms with van der Waals surface area (Å²) in [6, 6.07) is 13.0. The number of hydrazone groups is 1. The van der Waals surface area contributed by atoms with Crippen molar-refractivity contribution in [3.05, 3.63) is 59.8 Å². The van der Waals surface area contributed by atoms with Crippen molar-refractivity contribution in [3.63, 3.8) is 0 Å². The molecule has 0 bridgehead atoms. The number of ether oxygens (including phenoxy) is 1. The minimum atomic E-state index is -0.472. The molecule has 0 saturated heterocycles. The molecule has 0 unspecified atom stereocenters. The van der Waals surface area contributed by atoms with Crippen LogP contribution in [0.5, 0.6) is 17.2 Å². The summed E-state index contributed by atoms with van der Waals surface area (Å²) in [7, 11) is 1.59. The van der Waals surface area contributed by atoms with Gasteiger partial charge in [0.25, 0.3) is 5.91 Å². The van der Waals surface area contributed by atoms with Crippen LogP contribution < -0.4 is 10.2 Å². The summed E-state index contributed by atoms with van der Waals surface area (Å²) in [6.45, 7) is 1.63. The van der Waals surface area contributed by atoms with Gasteiger partial charge >= 0.3 is 0 Å². The van der Waals surface area contributed by atoms with Gasteiger partial charge in [-0.05, 0) is 49.4 Å². The van der Waals surface area contributed by atoms with Gasteiger partial charge in [0.1, 0.15) is 22.9 Å². The molecular weight excluding hydrogens is 348 g/mol. The van der Waals surface area contributed by atoms with E-state index in [1.54, 1.807) is 20.1 Å². The monoisotopic (exact) mass is 366 g/mol. The lowest BCUT2D eigenvalue weighted by molar-refractivity contribution is 0.0950. The highest BCUT2D eigenvalue weighted by Crippen LogP contribution is 2.23. The number of carbonyl (C=O) groups is 1. The van der Waals surface area contributed by atoms with Crippen molar-refractivity contribution < 1.29 is 19.7 Å². The van der Waals surface area contributed by atoms with Gasteiger partial charge in [0.15, 0.2) is 0 Å². The van der Waals surface area contributed by atoms with Crippen LogP contribution in [0, 0.1) is 0 Å². The van der Waals surface area contributed by atoms with Crippen molar-refractivity contribution in [1.82, 2.24) is 15.6 Å². The number of phenols is 2. The molecule has 0 aliphatic rings. The molecule has 1 aromatic heterocycles. The number of aromatic hydroxyl groups is 2. The number of nitrogens with zero attached hydrogens (tertiary/aromatic N) is 2. The van der Waals surface area contributed by atoms with Crippen LogP contribution in [0.4, 0.5) is 0 Å². The molecule has 3 aromatic rings. The molecule has 3 rings (SSSR count). The minimum Gasteiger partial charge on any atom is -0.508 e. The third-order valence-corrected chi connectivity index (χ3v) is 3.90. The van der Waals surface area contributed by atoms with E-state index in [1.807, 2.05) is 24.3 Å². The summed E-state index contributed by atoms with van der Waals surface area (Å²) >= 11 is 0. The molecule has 0 aliphatic carbocycles. The van der Waals surface area contributed by atoms with Crippen LogP contribution >= 0.6 is 0 Å². The Morgan fingerprint density at radius 1 is 1.15 bits per heavy atom. The van der Waals surface area contributed by atoms with Gasteiger partial charge in [0.2, 0.25) is 0 Å². The van der Waals surface area contributed by atoms with Crippen molar-refractivity contribution in [1.29, 1.82) is 0 Å². The average molecular weight is 366 g/mol. The first-order chi connectivity index (χ1) is 13.0. The Balaban J connectivity index is 1.72. The number of aromatic nitrogens is 2. The Morgan fingerprint density at radius 3 is 2.56 bits per heavy atom. The number of amides is 1. The number of H-pyrrole nitrogens is 1. The summed E-state index contributed by atoms with van der Waals surface area (Å²) in [5, 5.41) is 29.9. The molecule has 1 heterocycles. The van der Waals surface area contributed by atoms with E-state index < -0.39 is 5.91 Å². The quantitative estimate of drug-likeness (QED) is 0.409. The highest BCUT2D eigenvalue weighted by molar-refractivity contribution is 6.02. The van der Waals surface area contributed by atoms with Crippen LogP contribution in [0.2, 0.25) is 0 Å². The molecule has 8 nitrogen and oxygen atoms in total. The number of phenolic OH excluding ortho intramolecular Hbond substituents is 2. The third-order valence-electron chi connectivity index (χ3n) is 3.90. The lowest BCUT2D eigenvalue weighted by atomic mass is 10.1. The van der Waals surface area contributed by atoms with Gasteiger partial charge in [0, 0.05) is 17.2 Å². The van der Waals surface area contributed by atoms with Crippen LogP contribution in [-0.2, 0) is 0 Å². The predicted molar refractivity (Wildman–Crippen MR) is 100 cm³/mol. The van der Waals surface area contributed by atoms with E-state index in [1.165, 1.54) is 18.2 Å². The fraction of sp³-hybridized carbons (Fsp3) is 0.105. The first-order valence-corrected chi connectivity index (χ1v) is 8.04. The van der Waals surface area contributed by atoms with Gasteiger partial charge in [-0.2, -0.15) is 10.2 Å². The molecule has 2 aromatic carbocycles. The molecule has 0 fully saturated rings. The van der Waals surface area contributed by atoms with Crippen LogP contribution in [0.3, 0.4) is 0 Å². The first-order valence-electron chi connectivity index (χ1n) is 8.04. The molecule has 0 radical (unpaired) electrons. The Kier molecular flexibility index (Phi) is 5.07. The van der Waals surface area contributed by atoms with E-state index in [-0.39, 0.29) is 17.2 Å². The zero-order chi connectivity index (χ0) is 19.4. The minimum absolute atomic E-state index is 0.0587. The summed E-state index contributed by atoms with van der Waals surface area (Å²) in [6.07, 6.45) is 0. The molecular formula is C19H18N4O4. The number of aromatic amines is 1. The second kappa shape index (κ2) is 7.61. The van der Waals surface area contributed by atoms with Crippen molar-refractivity contribution in [2.75, 3.05) is 7.11 Å². The van der Waals surface area contributed by atoms with Crippen LogP contribution in [0.25, 0.3) is 11.3 Å². The Morgan fingerprint density at radius 2 is 1.89 bits per heavy atom. The van der Waals surface area contributed by atoms with Crippen molar-refractivity contribution >= 4 is 11.6 Å². The Bertz CT molecular complexity index is 993. The molecule has 0 saturated carbocycles. The van der Waals surface area contributed by atoms with E-state index in [4.69, 9.17) is 4.74 Å². The summed E-state index contributed by atoms with van der Waals surface area (Å²) in [5.74, 6) is 0.0693. The normalized spacial score (nSPS) is 11.3. The van der Waals surface area contributed by atoms with E-state index in [0.717, 1.165) is 11.3 Å². The number of carbonyl (C=O) groups excluding carboxylic acids is 1. The average Bonchev–Trinajstić information content (AvgIpc) is 3.16. The van der Waals surface area contributed by atoms with Gasteiger partial charge in [0.05, 0.1) is 18.5 Å². The molecule has 1 amide bonds. The highest BCUT2D eigenvalue weighted by Gasteiger charge is 2.12. The zero-order valence-corrected chi connectivity index (χ0v) is 14.7. The maximum absolute atomic E-state index is 12.3. The standard InChI is InChI=1S/C19H18N4O4/c1-11(15-8-5-13(24)9-18(15)25)20-23-19(26)17-10-16(21-22-17)12-3-6-14(27-2)7-4-12/h3-10,24-25H,1-2H3,(H,21,22)(H,23,26)/b20-11+. The highest BCUT2D eigenvalue weighted by atomic mass is 16.5. The summed E-state index contributed by atoms with van der Waals surface area (Å²) in [4.78, 5) is 12.3. The van der Waals surface area contributed by atoms with E-state index in [9.17, 15) is 15.0 Å². The smallest absolute Gasteiger partial charge is 0.289 e. The largest absolute Gasteiger partial charge is 0.508 e. The molecule has 27 heavy (non-hydrogen) atoms. The van der Waals surface area contributed by atoms with Gasteiger partial charge in [-0.3, -0.25) is 9.89 Å². The maximum Gasteiger partial charge on any atom is 0.289 e. The zero-order valence-electron chi connectivity index (χ0n) is 14.7. The number of hydrogen-bond acceptors (Lipinski definition) is 6. The number of methoxy groups -OCH3 is 1. The second-order valence-electron chi connectivity index (χ2n) is 5.73. The number of nitrogens with one attached hydrogen (secondary N) is 2. The number of benzene rings is 2. The van der Waals surface area contributed by atoms with Crippen molar-refractivity contribution in [3.8, 4) is 28.5 Å². The Labute approximate surface area is 155 Å². The van der Waals surface area contributed by atoms with Crippen molar-refractivity contribution in [2.45, 2.75) is 6.92 Å². The van der Waals surface area contributed by atoms with Gasteiger partial charge in [-0.25, -0.2) is 5.43 Å². The fourth-order valence-corrected chi connectivity index (χ4v) is 2.43. The SMILES string of the molecule is COc1ccc(-c2cc(C(=O)N/N=C(\C)c3ccc(O)cc3O)[nH]n2)cc1. The Hall–Kier alpha value is -3.81. The van der Waals surface area contributed by atoms with Gasteiger partial charge in [-0.1, -0.05) is 0 Å². The molecule has 0 spiro atoms. The van der Waals surface area contributed by atoms with Gasteiger partial charge < -0.3 is 14.9 Å². The van der Waals surface area contributed by atoms with Crippen LogP contribution in [-0.4, -0.2) is 39.1 Å². The fourth-order valence-electron chi connectivity index (χ4n) is 2.43. The van der Waals surface area contributed by atoms with Crippen LogP contribution in [0.1, 0.15) is 23.0 Å². The molecule has 138 valence electrons. The summed E-state index contributed by atoms with van der Waals surface area (Å²) < 4.78 is 5.12. The third kappa shape index (κ3) is 4.06. The summed E-state index contributed by atoms with van der Waals surface area (Å²) in [5.41, 5.74) is 4.88. The number of hydrogen-bond donors (Lipinski definition) is 4. The first kappa shape index (κ1) is 18.0. The molecule has 8 heteroatoms. The molecule has 0 aliphatic heterocycles. The van der Waals surface area contributed by atoms with E-state index in [2.05, 4.69) is 20.7 Å². The second-order valence-corrected chi connectivity index (χ2v) is 5.73. The topological polar surface area (TPSA) is 120 Å². The van der Waals surface area contributed by atoms with E-state index in [0.29, 0.717) is 17.0 Å². The lowest BCUT2D eigenvalue weighted by Crippen LogP contribution is -2.19. The van der Waals surface area contributed by atoms with E-state index >= 15 is 0 Å².